The van der Waals surface area contributed by atoms with Crippen LogP contribution >= 0.6 is 0 Å². The van der Waals surface area contributed by atoms with Crippen LogP contribution in [0.5, 0.6) is 5.88 Å². The summed E-state index contributed by atoms with van der Waals surface area (Å²) in [5, 5.41) is 17.5. The summed E-state index contributed by atoms with van der Waals surface area (Å²) in [5.74, 6) is -5.40. The number of amides is 6. The monoisotopic (exact) mass is 822 g/mol. The number of nitrogens with two attached hydrogens (primary N) is 1. The largest absolute Gasteiger partial charge is 1.00 e. The third kappa shape index (κ3) is 16.7. The Bertz CT molecular complexity index is 2010. The molecule has 58 heavy (non-hydrogen) atoms. The predicted molar refractivity (Wildman–Crippen MR) is 187 cm³/mol. The summed E-state index contributed by atoms with van der Waals surface area (Å²) >= 11 is 0. The molecule has 23 heteroatoms. The summed E-state index contributed by atoms with van der Waals surface area (Å²) in [6.07, 6.45) is 1.97. The summed E-state index contributed by atoms with van der Waals surface area (Å²) in [4.78, 5) is 110. The van der Waals surface area contributed by atoms with Gasteiger partial charge in [0, 0.05) is 25.3 Å². The molecular weight excluding hydrogens is 785 g/mol. The molecule has 304 valence electrons. The van der Waals surface area contributed by atoms with Crippen molar-refractivity contribution in [3.8, 4) is 5.88 Å². The number of pyridine rings is 3. The zero-order chi connectivity index (χ0) is 41.4. The van der Waals surface area contributed by atoms with Crippen molar-refractivity contribution in [3.05, 3.63) is 83.6 Å². The van der Waals surface area contributed by atoms with Gasteiger partial charge < -0.3 is 31.7 Å². The van der Waals surface area contributed by atoms with E-state index in [1.807, 2.05) is 0 Å². The fourth-order valence-electron chi connectivity index (χ4n) is 4.74. The van der Waals surface area contributed by atoms with E-state index in [4.69, 9.17) is 15.6 Å². The molecule has 0 bridgehead atoms. The molecular formula is C35H37F2N8NaO12. The quantitative estimate of drug-likeness (QED) is 0.0616. The van der Waals surface area contributed by atoms with Gasteiger partial charge in [0.15, 0.2) is 11.5 Å². The van der Waals surface area contributed by atoms with E-state index in [1.54, 1.807) is 12.1 Å². The second-order valence-corrected chi connectivity index (χ2v) is 11.8. The van der Waals surface area contributed by atoms with Crippen LogP contribution in [0.2, 0.25) is 0 Å². The third-order valence-corrected chi connectivity index (χ3v) is 7.66. The number of carbonyl (C=O) groups excluding carboxylic acids is 8. The van der Waals surface area contributed by atoms with Crippen molar-refractivity contribution in [2.45, 2.75) is 63.1 Å². The number of ketones is 2. The van der Waals surface area contributed by atoms with Crippen molar-refractivity contribution in [2.24, 2.45) is 5.73 Å². The number of hydrogen-bond acceptors (Lipinski definition) is 15. The molecule has 3 aliphatic rings. The molecule has 5 heterocycles. The minimum Gasteiger partial charge on any atom is -0.870 e. The van der Waals surface area contributed by atoms with Crippen molar-refractivity contribution in [3.63, 3.8) is 0 Å². The van der Waals surface area contributed by atoms with E-state index in [9.17, 15) is 51.9 Å². The molecule has 3 aromatic rings. The first-order valence-corrected chi connectivity index (χ1v) is 16.6. The SMILES string of the molecule is COc1cccc(C(=O)NC2CCC(=O)NC2=O)n1.NC1CCC(=O)CC1=O.O=C(O)c1cccc(F)n1.O=C1CCC(NC(=O)c2cccc(F)n2)C(=O)N1.[Na+].[OH-]. The van der Waals surface area contributed by atoms with Gasteiger partial charge in [0.1, 0.15) is 29.3 Å². The average Bonchev–Trinajstić information content (AvgIpc) is 3.16. The second-order valence-electron chi connectivity index (χ2n) is 11.8. The van der Waals surface area contributed by atoms with Gasteiger partial charge >= 0.3 is 35.5 Å². The smallest absolute Gasteiger partial charge is 0.870 e. The molecule has 2 aliphatic heterocycles. The summed E-state index contributed by atoms with van der Waals surface area (Å²) in [5.41, 5.74) is 5.11. The topological polar surface area (TPSA) is 326 Å². The first-order valence-electron chi connectivity index (χ1n) is 16.6. The Labute approximate surface area is 350 Å². The van der Waals surface area contributed by atoms with E-state index in [2.05, 4.69) is 36.2 Å². The number of piperidine rings is 2. The molecule has 3 aromatic heterocycles. The fourth-order valence-corrected chi connectivity index (χ4v) is 4.74. The Morgan fingerprint density at radius 1 is 0.724 bits per heavy atom. The standard InChI is InChI=1S/C12H13N3O4.C11H10FN3O3.C6H4FNO2.C6H9NO2.Na.H2O/c1-19-10-4-2-3-7(13-10)11(17)14-8-5-6-9(16)15-12(8)18;12-8-3-1-2-6(13-8)10(17)14-7-4-5-9(16)15-11(7)18;7-5-3-1-2-4(8-5)6(9)10;7-5-2-1-4(8)3-6(5)9;;/h2-4,8H,5-6H2,1H3,(H,14,17)(H,15,16,18);1-3,7H,4-5H2,(H,14,17)(H,15,16,18);1-3H,(H,9,10);5H,1-3,7H2;;1H2/q;;;;+1;/p-1. The summed E-state index contributed by atoms with van der Waals surface area (Å²) in [7, 11) is 1.45. The maximum Gasteiger partial charge on any atom is 1.00 e. The molecule has 3 atom stereocenters. The Hall–Kier alpha value is -5.94. The summed E-state index contributed by atoms with van der Waals surface area (Å²) in [6, 6.07) is 10.3. The number of aromatic carboxylic acids is 1. The van der Waals surface area contributed by atoms with Gasteiger partial charge in [0.25, 0.3) is 11.8 Å². The van der Waals surface area contributed by atoms with Crippen molar-refractivity contribution in [1.29, 1.82) is 0 Å². The van der Waals surface area contributed by atoms with Gasteiger partial charge in [-0.15, -0.1) is 0 Å². The number of methoxy groups -OCH3 is 1. The van der Waals surface area contributed by atoms with Crippen LogP contribution in [0.25, 0.3) is 0 Å². The molecule has 3 fully saturated rings. The minimum atomic E-state index is -1.22. The van der Waals surface area contributed by atoms with E-state index in [0.29, 0.717) is 25.1 Å². The third-order valence-electron chi connectivity index (χ3n) is 7.66. The van der Waals surface area contributed by atoms with Crippen molar-refractivity contribution in [1.82, 2.24) is 36.2 Å². The normalized spacial score (nSPS) is 18.2. The Balaban J connectivity index is 0.000000400. The van der Waals surface area contributed by atoms with Gasteiger partial charge in [0.05, 0.1) is 19.6 Å². The first kappa shape index (κ1) is 50.1. The van der Waals surface area contributed by atoms with Crippen LogP contribution in [0, 0.1) is 11.9 Å². The average molecular weight is 823 g/mol. The molecule has 1 saturated carbocycles. The van der Waals surface area contributed by atoms with Crippen molar-refractivity contribution >= 4 is 53.0 Å². The molecule has 1 aliphatic carbocycles. The number of halogens is 2. The molecule has 0 aromatic carbocycles. The zero-order valence-electron chi connectivity index (χ0n) is 31.0. The number of hydrogen-bond donors (Lipinski definition) is 6. The van der Waals surface area contributed by atoms with Gasteiger partial charge in [0.2, 0.25) is 41.4 Å². The van der Waals surface area contributed by atoms with Crippen LogP contribution in [0.1, 0.15) is 76.4 Å². The summed E-state index contributed by atoms with van der Waals surface area (Å²) < 4.78 is 29.9. The second kappa shape index (κ2) is 24.6. The minimum absolute atomic E-state index is 0. The van der Waals surface area contributed by atoms with E-state index in [0.717, 1.165) is 12.1 Å². The number of Topliss-reactive ketones (excluding diaryl/α,β-unsaturated/α-hetero) is 2. The van der Waals surface area contributed by atoms with Gasteiger partial charge in [-0.25, -0.2) is 19.7 Å². The van der Waals surface area contributed by atoms with Crippen LogP contribution in [0.4, 0.5) is 8.78 Å². The molecule has 8 N–H and O–H groups in total. The van der Waals surface area contributed by atoms with E-state index < -0.39 is 53.6 Å². The molecule has 0 spiro atoms. The maximum atomic E-state index is 12.8. The number of aromatic nitrogens is 3. The van der Waals surface area contributed by atoms with E-state index in [-0.39, 0.29) is 107 Å². The van der Waals surface area contributed by atoms with Crippen LogP contribution < -0.4 is 61.3 Å². The number of carboxylic acid groups (broad SMARTS) is 1. The van der Waals surface area contributed by atoms with Crippen molar-refractivity contribution < 1.29 is 96.8 Å². The van der Waals surface area contributed by atoms with E-state index in [1.165, 1.54) is 37.4 Å². The number of rotatable bonds is 6. The van der Waals surface area contributed by atoms with Crippen molar-refractivity contribution in [2.75, 3.05) is 7.11 Å². The number of carbonyl (C=O) groups is 9. The van der Waals surface area contributed by atoms with Crippen LogP contribution in [0.3, 0.4) is 0 Å². The number of nitrogens with zero attached hydrogens (tertiary/aromatic N) is 3. The van der Waals surface area contributed by atoms with Crippen LogP contribution in [-0.4, -0.2) is 104 Å². The molecule has 0 radical (unpaired) electrons. The number of ether oxygens (including phenoxy) is 1. The zero-order valence-corrected chi connectivity index (χ0v) is 33.0. The number of carboxylic acids is 1. The van der Waals surface area contributed by atoms with Gasteiger partial charge in [-0.2, -0.15) is 8.78 Å². The van der Waals surface area contributed by atoms with Crippen LogP contribution in [-0.2, 0) is 28.8 Å². The molecule has 20 nitrogen and oxygen atoms in total. The van der Waals surface area contributed by atoms with E-state index >= 15 is 0 Å². The summed E-state index contributed by atoms with van der Waals surface area (Å²) in [6.45, 7) is 0. The first-order chi connectivity index (χ1) is 26.6. The Morgan fingerprint density at radius 2 is 1.17 bits per heavy atom. The van der Waals surface area contributed by atoms with Gasteiger partial charge in [-0.05, 0) is 49.6 Å². The molecule has 3 unspecified atom stereocenters. The Morgan fingerprint density at radius 3 is 1.57 bits per heavy atom. The molecule has 6 rings (SSSR count). The number of imide groups is 2. The van der Waals surface area contributed by atoms with Gasteiger partial charge in [-0.1, -0.05) is 18.2 Å². The van der Waals surface area contributed by atoms with Crippen LogP contribution in [0.15, 0.2) is 54.6 Å². The molecule has 2 saturated heterocycles. The van der Waals surface area contributed by atoms with Gasteiger partial charge in [-0.3, -0.25) is 49.0 Å². The molecule has 6 amide bonds. The number of nitrogens with one attached hydrogen (secondary N) is 4. The fraction of sp³-hybridized carbons (Fsp3) is 0.314. The Kier molecular flexibility index (Phi) is 21.3. The maximum absolute atomic E-state index is 12.8. The predicted octanol–water partition coefficient (Wildman–Crippen LogP) is -3.24.